The van der Waals surface area contributed by atoms with Crippen molar-refractivity contribution in [1.82, 2.24) is 20.5 Å². The first-order valence-electron chi connectivity index (χ1n) is 19.3. The van der Waals surface area contributed by atoms with Gasteiger partial charge in [-0.3, -0.25) is 24.2 Å². The lowest BCUT2D eigenvalue weighted by Crippen LogP contribution is -2.35. The molecular weight excluding hydrogens is 693 g/mol. The van der Waals surface area contributed by atoms with Gasteiger partial charge in [-0.25, -0.2) is 0 Å². The molecule has 55 heavy (non-hydrogen) atoms. The van der Waals surface area contributed by atoms with E-state index < -0.39 is 0 Å². The van der Waals surface area contributed by atoms with Crippen LogP contribution in [0.15, 0.2) is 96.8 Å². The van der Waals surface area contributed by atoms with Gasteiger partial charge in [-0.1, -0.05) is 30.3 Å². The summed E-state index contributed by atoms with van der Waals surface area (Å²) in [5, 5.41) is 9.15. The van der Waals surface area contributed by atoms with E-state index in [2.05, 4.69) is 38.0 Å². The Bertz CT molecular complexity index is 2090. The number of anilines is 2. The summed E-state index contributed by atoms with van der Waals surface area (Å²) in [6.07, 6.45) is 10.8. The molecule has 0 radical (unpaired) electrons. The summed E-state index contributed by atoms with van der Waals surface area (Å²) in [4.78, 5) is 62.4. The second kappa shape index (κ2) is 17.6. The van der Waals surface area contributed by atoms with Gasteiger partial charge in [0.15, 0.2) is 0 Å². The molecule has 3 aromatic carbocycles. The maximum Gasteiger partial charge on any atom is 0.257 e. The van der Waals surface area contributed by atoms with Crippen LogP contribution in [0.25, 0.3) is 11.3 Å². The number of hydrogen-bond acceptors (Lipinski definition) is 7. The Labute approximate surface area is 322 Å². The Balaban J connectivity index is 1.12. The molecule has 4 aromatic rings. The number of amides is 4. The molecule has 11 nitrogen and oxygen atoms in total. The summed E-state index contributed by atoms with van der Waals surface area (Å²) >= 11 is 0. The van der Waals surface area contributed by atoms with Crippen LogP contribution in [0, 0.1) is 0 Å². The quantitative estimate of drug-likeness (QED) is 0.146. The first-order valence-corrected chi connectivity index (χ1v) is 19.3. The third-order valence-electron chi connectivity index (χ3n) is 10.6. The fourth-order valence-electron chi connectivity index (χ4n) is 7.69. The van der Waals surface area contributed by atoms with Gasteiger partial charge in [-0.15, -0.1) is 0 Å². The molecule has 11 heteroatoms. The van der Waals surface area contributed by atoms with Gasteiger partial charge in [0.25, 0.3) is 17.7 Å². The van der Waals surface area contributed by atoms with Crippen molar-refractivity contribution in [2.24, 2.45) is 0 Å². The van der Waals surface area contributed by atoms with Crippen LogP contribution < -0.4 is 20.9 Å². The molecule has 1 saturated heterocycles. The average molecular weight is 741 g/mol. The van der Waals surface area contributed by atoms with E-state index in [1.165, 1.54) is 22.4 Å². The zero-order valence-electron chi connectivity index (χ0n) is 31.3. The summed E-state index contributed by atoms with van der Waals surface area (Å²) in [5.74, 6) is -1.08. The third-order valence-corrected chi connectivity index (χ3v) is 10.6. The SMILES string of the molecule is COCCNC(=O)C1=CN(C(=O)c2cccc(C(=O)Nc3ccc(N4CCCCC4)cc3-c3cc(C(=O)N[C@H]4CCCc5ccccc54)ccn3)c2)CCC1. The third kappa shape index (κ3) is 8.95. The maximum absolute atomic E-state index is 13.9. The van der Waals surface area contributed by atoms with Gasteiger partial charge in [-0.2, -0.15) is 0 Å². The van der Waals surface area contributed by atoms with E-state index in [1.54, 1.807) is 55.9 Å². The predicted octanol–water partition coefficient (Wildman–Crippen LogP) is 6.68. The van der Waals surface area contributed by atoms with Crippen LogP contribution >= 0.6 is 0 Å². The van der Waals surface area contributed by atoms with Crippen molar-refractivity contribution >= 4 is 35.0 Å². The van der Waals surface area contributed by atoms with E-state index in [0.717, 1.165) is 50.9 Å². The van der Waals surface area contributed by atoms with Crippen LogP contribution in [0.1, 0.15) is 93.2 Å². The second-order valence-corrected chi connectivity index (χ2v) is 14.4. The number of methoxy groups -OCH3 is 1. The van der Waals surface area contributed by atoms with Crippen LogP contribution in [0.5, 0.6) is 0 Å². The number of ether oxygens (including phenoxy) is 1. The lowest BCUT2D eigenvalue weighted by atomic mass is 9.87. The Kier molecular flexibility index (Phi) is 12.0. The molecule has 1 atom stereocenters. The molecule has 0 spiro atoms. The van der Waals surface area contributed by atoms with Crippen LogP contribution in [0.3, 0.4) is 0 Å². The molecule has 1 aromatic heterocycles. The number of nitrogens with one attached hydrogen (secondary N) is 3. The van der Waals surface area contributed by atoms with Crippen LogP contribution in [-0.2, 0) is 16.0 Å². The Morgan fingerprint density at radius 3 is 2.45 bits per heavy atom. The monoisotopic (exact) mass is 740 g/mol. The molecule has 1 fully saturated rings. The predicted molar refractivity (Wildman–Crippen MR) is 213 cm³/mol. The zero-order chi connectivity index (χ0) is 38.1. The highest BCUT2D eigenvalue weighted by Gasteiger charge is 2.25. The van der Waals surface area contributed by atoms with E-state index in [-0.39, 0.29) is 29.7 Å². The summed E-state index contributed by atoms with van der Waals surface area (Å²) in [5.41, 5.74) is 6.92. The van der Waals surface area contributed by atoms with Crippen molar-refractivity contribution in [1.29, 1.82) is 0 Å². The van der Waals surface area contributed by atoms with Crippen LogP contribution in [-0.4, -0.2) is 73.4 Å². The van der Waals surface area contributed by atoms with Gasteiger partial charge in [0.05, 0.1) is 24.0 Å². The van der Waals surface area contributed by atoms with Gasteiger partial charge in [0.1, 0.15) is 0 Å². The van der Waals surface area contributed by atoms with Crippen molar-refractivity contribution in [2.75, 3.05) is 50.1 Å². The van der Waals surface area contributed by atoms with Crippen LogP contribution in [0.2, 0.25) is 0 Å². The van der Waals surface area contributed by atoms with Gasteiger partial charge < -0.3 is 30.5 Å². The number of piperidine rings is 1. The van der Waals surface area contributed by atoms with Crippen molar-refractivity contribution < 1.29 is 23.9 Å². The number of nitrogens with zero attached hydrogens (tertiary/aromatic N) is 3. The van der Waals surface area contributed by atoms with Gasteiger partial charge >= 0.3 is 0 Å². The van der Waals surface area contributed by atoms with E-state index in [4.69, 9.17) is 4.74 Å². The highest BCUT2D eigenvalue weighted by molar-refractivity contribution is 6.08. The number of fused-ring (bicyclic) bond motifs is 1. The average Bonchev–Trinajstić information content (AvgIpc) is 3.24. The van der Waals surface area contributed by atoms with Crippen molar-refractivity contribution in [3.8, 4) is 11.3 Å². The fourth-order valence-corrected chi connectivity index (χ4v) is 7.69. The summed E-state index contributed by atoms with van der Waals surface area (Å²) in [7, 11) is 1.57. The first kappa shape index (κ1) is 37.5. The molecule has 3 N–H and O–H groups in total. The minimum absolute atomic E-state index is 0.0624. The second-order valence-electron chi connectivity index (χ2n) is 14.4. The fraction of sp³-hybridized carbons (Fsp3) is 0.341. The van der Waals surface area contributed by atoms with E-state index in [9.17, 15) is 19.2 Å². The number of rotatable bonds is 11. The number of hydrogen-bond donors (Lipinski definition) is 3. The Morgan fingerprint density at radius 1 is 0.782 bits per heavy atom. The van der Waals surface area contributed by atoms with Crippen LogP contribution in [0.4, 0.5) is 11.4 Å². The van der Waals surface area contributed by atoms with Gasteiger partial charge in [-0.05, 0) is 111 Å². The maximum atomic E-state index is 13.9. The van der Waals surface area contributed by atoms with Crippen molar-refractivity contribution in [2.45, 2.75) is 57.4 Å². The molecule has 3 aliphatic rings. The number of benzene rings is 3. The van der Waals surface area contributed by atoms with E-state index >= 15 is 0 Å². The zero-order valence-corrected chi connectivity index (χ0v) is 31.3. The Morgan fingerprint density at radius 2 is 1.60 bits per heavy atom. The number of aromatic nitrogens is 1. The minimum Gasteiger partial charge on any atom is -0.383 e. The van der Waals surface area contributed by atoms with Gasteiger partial charge in [0.2, 0.25) is 5.91 Å². The van der Waals surface area contributed by atoms with Crippen molar-refractivity contribution in [3.05, 3.63) is 125 Å². The minimum atomic E-state index is -0.390. The molecule has 0 unspecified atom stereocenters. The van der Waals surface area contributed by atoms with E-state index in [1.807, 2.05) is 30.3 Å². The lowest BCUT2D eigenvalue weighted by Gasteiger charge is -2.29. The normalized spacial score (nSPS) is 16.7. The highest BCUT2D eigenvalue weighted by atomic mass is 16.5. The molecule has 3 heterocycles. The van der Waals surface area contributed by atoms with Gasteiger partial charge in [0, 0.05) is 79.2 Å². The molecule has 2 aliphatic heterocycles. The highest BCUT2D eigenvalue weighted by Crippen LogP contribution is 2.34. The summed E-state index contributed by atoms with van der Waals surface area (Å²) in [6, 6.07) is 24.3. The Hall–Kier alpha value is -5.81. The van der Waals surface area contributed by atoms with Crippen molar-refractivity contribution in [3.63, 3.8) is 0 Å². The smallest absolute Gasteiger partial charge is 0.257 e. The molecular formula is C44H48N6O5. The number of aryl methyl sites for hydroxylation is 1. The molecule has 4 amide bonds. The topological polar surface area (TPSA) is 133 Å². The lowest BCUT2D eigenvalue weighted by molar-refractivity contribution is -0.118. The molecule has 0 saturated carbocycles. The molecule has 284 valence electrons. The summed E-state index contributed by atoms with van der Waals surface area (Å²) < 4.78 is 5.02. The number of carbonyl (C=O) groups is 4. The number of carbonyl (C=O) groups excluding carboxylic acids is 4. The summed E-state index contributed by atoms with van der Waals surface area (Å²) in [6.45, 7) is 3.13. The molecule has 7 rings (SSSR count). The standard InChI is InChI=1S/C44H48N6O5/c1-55-25-21-46-41(51)34-14-9-24-50(29-34)44(54)33-13-7-12-31(26-33)42(52)48-39-18-17-35(49-22-5-2-6-23-49)28-37(39)40-27-32(19-20-45-40)43(53)47-38-16-8-11-30-10-3-4-15-36(30)38/h3-4,7,10,12-13,15,17-20,26-29,38H,2,5-6,8-9,11,14,16,21-25H2,1H3,(H,46,51)(H,47,53)(H,48,52)/t38-/m0/s1. The molecule has 0 bridgehead atoms. The molecule has 1 aliphatic carbocycles. The largest absolute Gasteiger partial charge is 0.383 e. The number of pyridine rings is 1. The van der Waals surface area contributed by atoms with E-state index in [0.29, 0.717) is 71.7 Å². The first-order chi connectivity index (χ1) is 26.9.